The van der Waals surface area contributed by atoms with Crippen LogP contribution in [0.5, 0.6) is 0 Å². The summed E-state index contributed by atoms with van der Waals surface area (Å²) in [6.07, 6.45) is 78.3. The zero-order chi connectivity index (χ0) is 53.6. The summed E-state index contributed by atoms with van der Waals surface area (Å²) in [7, 11) is 0. The summed E-state index contributed by atoms with van der Waals surface area (Å²) < 4.78 is 16.9. The Balaban J connectivity index is 4.28. The fourth-order valence-electron chi connectivity index (χ4n) is 9.58. The van der Waals surface area contributed by atoms with Gasteiger partial charge in [-0.3, -0.25) is 14.4 Å². The minimum Gasteiger partial charge on any atom is -0.462 e. The van der Waals surface area contributed by atoms with E-state index < -0.39 is 6.10 Å². The number of carbonyl (C=O) groups is 3. The van der Waals surface area contributed by atoms with E-state index in [-0.39, 0.29) is 31.1 Å². The van der Waals surface area contributed by atoms with Crippen LogP contribution in [0.2, 0.25) is 0 Å². The van der Waals surface area contributed by atoms with Crippen molar-refractivity contribution in [3.63, 3.8) is 0 Å². The lowest BCUT2D eigenvalue weighted by Gasteiger charge is -2.18. The summed E-state index contributed by atoms with van der Waals surface area (Å²) in [4.78, 5) is 38.3. The van der Waals surface area contributed by atoms with Crippen LogP contribution >= 0.6 is 0 Å². The van der Waals surface area contributed by atoms with E-state index in [9.17, 15) is 14.4 Å². The molecule has 0 fully saturated rings. The Hall–Kier alpha value is -2.63. The lowest BCUT2D eigenvalue weighted by molar-refractivity contribution is -0.167. The second-order valence-corrected chi connectivity index (χ2v) is 22.0. The number of hydrogen-bond acceptors (Lipinski definition) is 6. The summed E-state index contributed by atoms with van der Waals surface area (Å²) in [6.45, 7) is 6.64. The average molecular weight is 1040 g/mol. The second kappa shape index (κ2) is 62.9. The molecule has 0 bridgehead atoms. The van der Waals surface area contributed by atoms with Crippen molar-refractivity contribution in [3.8, 4) is 0 Å². The van der Waals surface area contributed by atoms with Gasteiger partial charge in [0, 0.05) is 19.3 Å². The van der Waals surface area contributed by atoms with Crippen molar-refractivity contribution in [2.45, 2.75) is 354 Å². The Kier molecular flexibility index (Phi) is 60.7. The first-order valence-corrected chi connectivity index (χ1v) is 32.6. The molecule has 0 spiro atoms. The van der Waals surface area contributed by atoms with Gasteiger partial charge in [0.15, 0.2) is 6.10 Å². The van der Waals surface area contributed by atoms with Gasteiger partial charge in [0.05, 0.1) is 0 Å². The number of rotatable bonds is 60. The van der Waals surface area contributed by atoms with Crippen LogP contribution in [0.3, 0.4) is 0 Å². The van der Waals surface area contributed by atoms with Crippen LogP contribution in [0.25, 0.3) is 0 Å². The molecular formula is C68H124O6. The van der Waals surface area contributed by atoms with E-state index in [0.717, 1.165) is 70.6 Å². The standard InChI is InChI=1S/C68H124O6/c1-4-7-10-13-16-19-22-25-27-29-31-33-34-36-37-39-41-43-46-49-52-55-58-61-67(70)73-64-65(63-72-66(69)60-57-54-51-48-45-24-21-18-15-12-9-6-3)74-68(71)62-59-56-53-50-47-44-42-40-38-35-32-30-28-26-23-20-17-14-11-8-5-2/h18,21-22,25,29-32,65H,4-17,19-20,23-24,26-28,33-64H2,1-3H3/b21-18-,25-22-,31-29-,32-30-. The van der Waals surface area contributed by atoms with Gasteiger partial charge in [-0.15, -0.1) is 0 Å². The normalized spacial score (nSPS) is 12.3. The maximum absolute atomic E-state index is 12.9. The van der Waals surface area contributed by atoms with Crippen molar-refractivity contribution >= 4 is 17.9 Å². The number of hydrogen-bond donors (Lipinski definition) is 0. The molecule has 0 radical (unpaired) electrons. The van der Waals surface area contributed by atoms with E-state index in [1.165, 1.54) is 238 Å². The fourth-order valence-corrected chi connectivity index (χ4v) is 9.58. The first-order valence-electron chi connectivity index (χ1n) is 32.6. The van der Waals surface area contributed by atoms with Crippen molar-refractivity contribution < 1.29 is 28.6 Å². The third-order valence-corrected chi connectivity index (χ3v) is 14.5. The topological polar surface area (TPSA) is 78.9 Å². The minimum atomic E-state index is -0.778. The SMILES string of the molecule is CCCCC/C=C\CCCCCCCC(=O)OCC(COC(=O)CCCCCCCCCCCCC/C=C\C/C=C\CCCCCCC)OC(=O)CCCCCCCCCCC/C=C\CCCCCCCCCC. The van der Waals surface area contributed by atoms with Crippen LogP contribution in [0, 0.1) is 0 Å². The van der Waals surface area contributed by atoms with Crippen LogP contribution < -0.4 is 0 Å². The Morgan fingerprint density at radius 1 is 0.270 bits per heavy atom. The molecular weight excluding hydrogens is 913 g/mol. The van der Waals surface area contributed by atoms with E-state index in [4.69, 9.17) is 14.2 Å². The molecule has 0 aromatic rings. The van der Waals surface area contributed by atoms with Gasteiger partial charge in [0.1, 0.15) is 13.2 Å². The molecule has 0 heterocycles. The molecule has 0 aliphatic heterocycles. The zero-order valence-corrected chi connectivity index (χ0v) is 49.6. The number of allylic oxidation sites excluding steroid dienone is 8. The highest BCUT2D eigenvalue weighted by molar-refractivity contribution is 5.71. The summed E-state index contributed by atoms with van der Waals surface area (Å²) >= 11 is 0. The molecule has 0 aromatic heterocycles. The number of carbonyl (C=O) groups excluding carboxylic acids is 3. The van der Waals surface area contributed by atoms with E-state index in [1.807, 2.05) is 0 Å². The smallest absolute Gasteiger partial charge is 0.306 e. The third-order valence-electron chi connectivity index (χ3n) is 14.5. The zero-order valence-electron chi connectivity index (χ0n) is 49.6. The Morgan fingerprint density at radius 2 is 0.486 bits per heavy atom. The molecule has 0 N–H and O–H groups in total. The molecule has 432 valence electrons. The molecule has 6 nitrogen and oxygen atoms in total. The molecule has 0 aliphatic rings. The maximum Gasteiger partial charge on any atom is 0.306 e. The highest BCUT2D eigenvalue weighted by atomic mass is 16.6. The van der Waals surface area contributed by atoms with Gasteiger partial charge < -0.3 is 14.2 Å². The fraction of sp³-hybridized carbons (Fsp3) is 0.838. The van der Waals surface area contributed by atoms with Crippen molar-refractivity contribution in [3.05, 3.63) is 48.6 Å². The van der Waals surface area contributed by atoms with E-state index in [0.29, 0.717) is 19.3 Å². The molecule has 74 heavy (non-hydrogen) atoms. The van der Waals surface area contributed by atoms with Crippen LogP contribution in [-0.4, -0.2) is 37.2 Å². The first-order chi connectivity index (χ1) is 36.5. The van der Waals surface area contributed by atoms with Gasteiger partial charge in [-0.05, 0) is 103 Å². The largest absolute Gasteiger partial charge is 0.462 e. The molecule has 1 atom stereocenters. The van der Waals surface area contributed by atoms with Gasteiger partial charge in [0.2, 0.25) is 0 Å². The first kappa shape index (κ1) is 71.4. The summed E-state index contributed by atoms with van der Waals surface area (Å²) in [6, 6.07) is 0. The van der Waals surface area contributed by atoms with E-state index in [2.05, 4.69) is 69.4 Å². The highest BCUT2D eigenvalue weighted by Gasteiger charge is 2.19. The van der Waals surface area contributed by atoms with Crippen molar-refractivity contribution in [1.82, 2.24) is 0 Å². The van der Waals surface area contributed by atoms with Crippen molar-refractivity contribution in [2.75, 3.05) is 13.2 Å². The van der Waals surface area contributed by atoms with Crippen LogP contribution in [0.4, 0.5) is 0 Å². The van der Waals surface area contributed by atoms with E-state index in [1.54, 1.807) is 0 Å². The van der Waals surface area contributed by atoms with Crippen LogP contribution in [-0.2, 0) is 28.6 Å². The second-order valence-electron chi connectivity index (χ2n) is 22.0. The quantitative estimate of drug-likeness (QED) is 0.0261. The van der Waals surface area contributed by atoms with Crippen molar-refractivity contribution in [2.24, 2.45) is 0 Å². The Bertz CT molecular complexity index is 1280. The van der Waals surface area contributed by atoms with Gasteiger partial charge in [-0.25, -0.2) is 0 Å². The lowest BCUT2D eigenvalue weighted by Crippen LogP contribution is -2.30. The van der Waals surface area contributed by atoms with E-state index >= 15 is 0 Å². The Morgan fingerprint density at radius 3 is 0.784 bits per heavy atom. The lowest BCUT2D eigenvalue weighted by atomic mass is 10.0. The third kappa shape index (κ3) is 60.2. The predicted octanol–water partition coefficient (Wildman–Crippen LogP) is 22.2. The molecule has 0 rings (SSSR count). The summed E-state index contributed by atoms with van der Waals surface area (Å²) in [5, 5.41) is 0. The van der Waals surface area contributed by atoms with Crippen LogP contribution in [0.15, 0.2) is 48.6 Å². The van der Waals surface area contributed by atoms with Gasteiger partial charge in [-0.2, -0.15) is 0 Å². The number of ether oxygens (including phenoxy) is 3. The molecule has 0 aromatic carbocycles. The average Bonchev–Trinajstić information content (AvgIpc) is 3.40. The maximum atomic E-state index is 12.9. The monoisotopic (exact) mass is 1040 g/mol. The predicted molar refractivity (Wildman–Crippen MR) is 321 cm³/mol. The Labute approximate surface area is 460 Å². The molecule has 0 aliphatic carbocycles. The molecule has 0 saturated heterocycles. The summed E-state index contributed by atoms with van der Waals surface area (Å²) in [5.74, 6) is -0.870. The molecule has 0 amide bonds. The number of esters is 3. The number of unbranched alkanes of at least 4 members (excludes halogenated alkanes) is 41. The molecule has 6 heteroatoms. The molecule has 1 unspecified atom stereocenters. The van der Waals surface area contributed by atoms with Crippen molar-refractivity contribution in [1.29, 1.82) is 0 Å². The van der Waals surface area contributed by atoms with Crippen LogP contribution in [0.1, 0.15) is 348 Å². The van der Waals surface area contributed by atoms with Gasteiger partial charge in [0.25, 0.3) is 0 Å². The van der Waals surface area contributed by atoms with Gasteiger partial charge >= 0.3 is 17.9 Å². The minimum absolute atomic E-state index is 0.0752. The molecule has 0 saturated carbocycles. The van der Waals surface area contributed by atoms with Gasteiger partial charge in [-0.1, -0.05) is 275 Å². The summed E-state index contributed by atoms with van der Waals surface area (Å²) in [5.41, 5.74) is 0. The highest BCUT2D eigenvalue weighted by Crippen LogP contribution is 2.17.